The van der Waals surface area contributed by atoms with Crippen LogP contribution >= 0.6 is 0 Å². The molecule has 13 heteroatoms. The van der Waals surface area contributed by atoms with Crippen LogP contribution in [0.25, 0.3) is 0 Å². The summed E-state index contributed by atoms with van der Waals surface area (Å²) in [5.41, 5.74) is 3.11. The molecule has 0 aliphatic carbocycles. The lowest BCUT2D eigenvalue weighted by atomic mass is 9.95. The second-order valence-corrected chi connectivity index (χ2v) is 16.3. The van der Waals surface area contributed by atoms with Gasteiger partial charge in [0.25, 0.3) is 0 Å². The number of hydrogen-bond donors (Lipinski definition) is 3. The molecule has 2 aromatic carbocycles. The van der Waals surface area contributed by atoms with Gasteiger partial charge < -0.3 is 25.4 Å². The van der Waals surface area contributed by atoms with Gasteiger partial charge in [-0.2, -0.15) is 4.31 Å². The number of aliphatic hydroxyl groups excluding tert-OH is 1. The Morgan fingerprint density at radius 1 is 0.981 bits per heavy atom. The van der Waals surface area contributed by atoms with E-state index in [0.29, 0.717) is 31.6 Å². The minimum Gasteiger partial charge on any atom is -0.411 e. The van der Waals surface area contributed by atoms with Gasteiger partial charge in [0.05, 0.1) is 35.5 Å². The summed E-state index contributed by atoms with van der Waals surface area (Å²) in [6.07, 6.45) is 0.783. The van der Waals surface area contributed by atoms with Crippen LogP contribution in [0.5, 0.6) is 0 Å². The van der Waals surface area contributed by atoms with Crippen molar-refractivity contribution in [1.82, 2.24) is 24.4 Å². The van der Waals surface area contributed by atoms with Gasteiger partial charge in [-0.1, -0.05) is 102 Å². The number of amides is 3. The van der Waals surface area contributed by atoms with Gasteiger partial charge in [0.15, 0.2) is 0 Å². The van der Waals surface area contributed by atoms with Crippen LogP contribution in [0.1, 0.15) is 76.4 Å². The van der Waals surface area contributed by atoms with Crippen molar-refractivity contribution in [2.24, 2.45) is 17.0 Å². The minimum absolute atomic E-state index is 0.0270. The quantitative estimate of drug-likeness (QED) is 0.0933. The van der Waals surface area contributed by atoms with E-state index in [0.717, 1.165) is 17.0 Å². The van der Waals surface area contributed by atoms with Gasteiger partial charge in [0.2, 0.25) is 15.9 Å². The number of rotatable bonds is 18. The summed E-state index contributed by atoms with van der Waals surface area (Å²) in [7, 11) is -4.06. The van der Waals surface area contributed by atoms with Crippen molar-refractivity contribution in [3.05, 3.63) is 95.3 Å². The van der Waals surface area contributed by atoms with Crippen LogP contribution in [0.4, 0.5) is 4.79 Å². The molecule has 1 aliphatic heterocycles. The monoisotopic (exact) mass is 734 g/mol. The van der Waals surface area contributed by atoms with E-state index in [1.807, 2.05) is 76.2 Å². The zero-order chi connectivity index (χ0) is 38.0. The smallest absolute Gasteiger partial charge is 0.321 e. The molecular weight excluding hydrogens is 681 g/mol. The maximum atomic E-state index is 14.3. The topological polar surface area (TPSA) is 156 Å². The van der Waals surface area contributed by atoms with Crippen LogP contribution in [0.3, 0.4) is 0 Å². The molecule has 0 radical (unpaired) electrons. The second-order valence-electron chi connectivity index (χ2n) is 14.3. The highest BCUT2D eigenvalue weighted by Crippen LogP contribution is 2.24. The van der Waals surface area contributed by atoms with Gasteiger partial charge >= 0.3 is 6.03 Å². The average molecular weight is 735 g/mol. The van der Waals surface area contributed by atoms with Crippen LogP contribution in [0.15, 0.2) is 82.8 Å². The maximum absolute atomic E-state index is 14.3. The maximum Gasteiger partial charge on any atom is 0.321 e. The first-order chi connectivity index (χ1) is 24.7. The number of pyridine rings is 1. The molecule has 1 saturated heterocycles. The predicted octanol–water partition coefficient (Wildman–Crippen LogP) is 5.10. The summed E-state index contributed by atoms with van der Waals surface area (Å²) in [4.78, 5) is 36.3. The summed E-state index contributed by atoms with van der Waals surface area (Å²) in [5, 5.41) is 26.7. The van der Waals surface area contributed by atoms with Crippen molar-refractivity contribution in [3.8, 4) is 0 Å². The first-order valence-electron chi connectivity index (χ1n) is 18.1. The number of hydrogen-bond acceptors (Lipinski definition) is 8. The number of urea groups is 1. The van der Waals surface area contributed by atoms with Crippen molar-refractivity contribution in [2.75, 3.05) is 26.2 Å². The number of aromatic nitrogens is 1. The van der Waals surface area contributed by atoms with E-state index in [-0.39, 0.29) is 48.2 Å². The summed E-state index contributed by atoms with van der Waals surface area (Å²) < 4.78 is 29.1. The number of sulfonamides is 1. The highest BCUT2D eigenvalue weighted by Gasteiger charge is 2.41. The molecule has 2 heterocycles. The van der Waals surface area contributed by atoms with Crippen LogP contribution in [0, 0.1) is 11.8 Å². The third-order valence-corrected chi connectivity index (χ3v) is 11.3. The fourth-order valence-electron chi connectivity index (χ4n) is 6.41. The highest BCUT2D eigenvalue weighted by molar-refractivity contribution is 7.89. The number of carbonyl (C=O) groups is 2. The summed E-state index contributed by atoms with van der Waals surface area (Å²) >= 11 is 0. The van der Waals surface area contributed by atoms with Crippen molar-refractivity contribution in [2.45, 2.75) is 89.9 Å². The van der Waals surface area contributed by atoms with Gasteiger partial charge in [0, 0.05) is 31.9 Å². The number of nitrogens with zero attached hydrogens (tertiary/aromatic N) is 5. The van der Waals surface area contributed by atoms with E-state index in [2.05, 4.69) is 24.3 Å². The Morgan fingerprint density at radius 3 is 2.29 bits per heavy atom. The molecular formula is C39H54N6O6S. The molecule has 1 aromatic heterocycles. The summed E-state index contributed by atoms with van der Waals surface area (Å²) in [5.74, 6) is -0.409. The molecule has 1 aliphatic rings. The van der Waals surface area contributed by atoms with E-state index in [9.17, 15) is 23.1 Å². The Morgan fingerprint density at radius 2 is 1.67 bits per heavy atom. The van der Waals surface area contributed by atoms with E-state index in [1.165, 1.54) is 34.8 Å². The average Bonchev–Trinajstić information content (AvgIpc) is 3.46. The Labute approximate surface area is 308 Å². The van der Waals surface area contributed by atoms with Crippen LogP contribution in [-0.2, 0) is 27.8 Å². The largest absolute Gasteiger partial charge is 0.411 e. The van der Waals surface area contributed by atoms with Crippen LogP contribution in [-0.4, -0.2) is 100 Å². The summed E-state index contributed by atoms with van der Waals surface area (Å²) in [6, 6.07) is 19.2. The SMILES string of the molecule is CCC(C)[C@@H](C(=O)N[C@@H](Cc1ccccc1)[C@H](O)CN(CC(C)C)S(=O)(=O)c1ccc(/C=N/O)cc1)N1CCN(Cc2cccc(C(C)C)n2)C1=O. The molecule has 0 spiro atoms. The first-order valence-corrected chi connectivity index (χ1v) is 19.5. The van der Waals surface area contributed by atoms with Crippen molar-refractivity contribution >= 4 is 28.2 Å². The van der Waals surface area contributed by atoms with Gasteiger partial charge in [-0.05, 0) is 59.6 Å². The predicted molar refractivity (Wildman–Crippen MR) is 202 cm³/mol. The van der Waals surface area contributed by atoms with E-state index in [1.54, 1.807) is 9.80 Å². The fourth-order valence-corrected chi connectivity index (χ4v) is 8.04. The molecule has 52 heavy (non-hydrogen) atoms. The van der Waals surface area contributed by atoms with E-state index in [4.69, 9.17) is 10.2 Å². The van der Waals surface area contributed by atoms with Gasteiger partial charge in [-0.15, -0.1) is 0 Å². The lowest BCUT2D eigenvalue weighted by Crippen LogP contribution is -2.57. The Bertz CT molecular complexity index is 1750. The lowest BCUT2D eigenvalue weighted by Gasteiger charge is -2.35. The number of aliphatic hydroxyl groups is 1. The molecule has 4 atom stereocenters. The van der Waals surface area contributed by atoms with E-state index < -0.39 is 34.1 Å². The van der Waals surface area contributed by atoms with E-state index >= 15 is 0 Å². The van der Waals surface area contributed by atoms with Crippen molar-refractivity contribution in [1.29, 1.82) is 0 Å². The van der Waals surface area contributed by atoms with Crippen LogP contribution < -0.4 is 5.32 Å². The Kier molecular flexibility index (Phi) is 14.3. The molecule has 3 N–H and O–H groups in total. The lowest BCUT2D eigenvalue weighted by molar-refractivity contribution is -0.128. The van der Waals surface area contributed by atoms with Crippen molar-refractivity contribution < 1.29 is 28.3 Å². The number of carbonyl (C=O) groups excluding carboxylic acids is 2. The standard InChI is InChI=1S/C39H54N6O6S/c1-7-29(6)37(45-21-20-43(39(45)48)25-32-14-11-15-34(41-32)28(4)5)38(47)42-35(22-30-12-9-8-10-13-30)36(46)26-44(24-27(2)3)52(50,51)33-18-16-31(17-19-33)23-40-49/h8-19,23,27-29,35-37,46,49H,7,20-22,24-26H2,1-6H3,(H,42,47)/b40-23+/t29?,35-,36+,37-/m0/s1. The van der Waals surface area contributed by atoms with Gasteiger partial charge in [-0.3, -0.25) is 9.78 Å². The van der Waals surface area contributed by atoms with Gasteiger partial charge in [0.1, 0.15) is 6.04 Å². The molecule has 1 unspecified atom stereocenters. The molecule has 4 rings (SSSR count). The molecule has 3 amide bonds. The normalized spacial score (nSPS) is 16.2. The third kappa shape index (κ3) is 10.4. The summed E-state index contributed by atoms with van der Waals surface area (Å²) in [6.45, 7) is 12.8. The minimum atomic E-state index is -4.06. The Hall–Kier alpha value is -4.33. The molecule has 12 nitrogen and oxygen atoms in total. The molecule has 0 bridgehead atoms. The molecule has 282 valence electrons. The Balaban J connectivity index is 1.59. The number of nitrogens with one attached hydrogen (secondary N) is 1. The number of oxime groups is 1. The first kappa shape index (κ1) is 40.4. The third-order valence-electron chi connectivity index (χ3n) is 9.46. The van der Waals surface area contributed by atoms with Crippen molar-refractivity contribution in [3.63, 3.8) is 0 Å². The molecule has 3 aromatic rings. The van der Waals surface area contributed by atoms with Crippen LogP contribution in [0.2, 0.25) is 0 Å². The molecule has 1 fully saturated rings. The number of benzene rings is 2. The zero-order valence-electron chi connectivity index (χ0n) is 31.1. The molecule has 0 saturated carbocycles. The fraction of sp³-hybridized carbons (Fsp3) is 0.487. The second kappa shape index (κ2) is 18.4. The zero-order valence-corrected chi connectivity index (χ0v) is 31.9. The highest BCUT2D eigenvalue weighted by atomic mass is 32.2. The van der Waals surface area contributed by atoms with Gasteiger partial charge in [-0.25, -0.2) is 13.2 Å².